The molecule has 1 aromatic heterocycles. The van der Waals surface area contributed by atoms with E-state index in [4.69, 9.17) is 4.74 Å². The van der Waals surface area contributed by atoms with Crippen LogP contribution in [0.5, 0.6) is 0 Å². The molecule has 0 saturated carbocycles. The number of aromatic nitrogens is 2. The summed E-state index contributed by atoms with van der Waals surface area (Å²) in [5, 5.41) is 3.26. The van der Waals surface area contributed by atoms with Crippen molar-refractivity contribution < 1.29 is 4.74 Å². The average molecular weight is 272 g/mol. The quantitative estimate of drug-likeness (QED) is 0.781. The Hall–Kier alpha value is -1.98. The first kappa shape index (κ1) is 14.4. The van der Waals surface area contributed by atoms with Crippen LogP contribution in [0.25, 0.3) is 0 Å². The zero-order valence-corrected chi connectivity index (χ0v) is 11.9. The van der Waals surface area contributed by atoms with E-state index in [1.807, 2.05) is 54.7 Å². The third-order valence-corrected chi connectivity index (χ3v) is 2.95. The molecule has 0 amide bonds. The molecular weight excluding hydrogens is 252 g/mol. The van der Waals surface area contributed by atoms with Crippen LogP contribution in [0.15, 0.2) is 42.7 Å². The number of hydrogen-bond donors (Lipinski definition) is 1. The summed E-state index contributed by atoms with van der Waals surface area (Å²) in [5.41, 5.74) is 2.13. The fraction of sp³-hybridized carbons (Fsp3) is 0.333. The lowest BCUT2D eigenvalue weighted by atomic mass is 10.3. The normalized spacial score (nSPS) is 10.5. The standard InChI is InChI=1S/C15H20N4O/c1-19(14-6-4-3-5-7-14)15-17-11-13(12-18-15)10-16-8-9-20-2/h3-7,11-12,16H,8-10H2,1-2H3. The topological polar surface area (TPSA) is 50.3 Å². The van der Waals surface area contributed by atoms with Gasteiger partial charge in [0.1, 0.15) is 0 Å². The maximum absolute atomic E-state index is 4.98. The second-order valence-corrected chi connectivity index (χ2v) is 4.46. The van der Waals surface area contributed by atoms with Gasteiger partial charge in [-0.1, -0.05) is 18.2 Å². The van der Waals surface area contributed by atoms with Crippen LogP contribution in [0, 0.1) is 0 Å². The second kappa shape index (κ2) is 7.57. The van der Waals surface area contributed by atoms with Gasteiger partial charge in [-0.25, -0.2) is 9.97 Å². The maximum Gasteiger partial charge on any atom is 0.229 e. The molecule has 1 N–H and O–H groups in total. The molecule has 0 radical (unpaired) electrons. The molecular formula is C15H20N4O. The van der Waals surface area contributed by atoms with Crippen LogP contribution in [0.3, 0.4) is 0 Å². The van der Waals surface area contributed by atoms with Gasteiger partial charge in [-0.2, -0.15) is 0 Å². The molecule has 1 heterocycles. The molecule has 2 aromatic rings. The Morgan fingerprint density at radius 3 is 2.50 bits per heavy atom. The van der Waals surface area contributed by atoms with E-state index in [2.05, 4.69) is 15.3 Å². The number of anilines is 2. The molecule has 0 unspecified atom stereocenters. The third-order valence-electron chi connectivity index (χ3n) is 2.95. The van der Waals surface area contributed by atoms with E-state index in [0.717, 1.165) is 24.3 Å². The van der Waals surface area contributed by atoms with Crippen LogP contribution in [-0.2, 0) is 11.3 Å². The maximum atomic E-state index is 4.98. The number of nitrogens with zero attached hydrogens (tertiary/aromatic N) is 3. The number of methoxy groups -OCH3 is 1. The highest BCUT2D eigenvalue weighted by Gasteiger charge is 2.05. The van der Waals surface area contributed by atoms with Gasteiger partial charge in [0.25, 0.3) is 0 Å². The van der Waals surface area contributed by atoms with E-state index >= 15 is 0 Å². The van der Waals surface area contributed by atoms with Crippen molar-refractivity contribution >= 4 is 11.6 Å². The Balaban J connectivity index is 1.94. The summed E-state index contributed by atoms with van der Waals surface area (Å²) >= 11 is 0. The van der Waals surface area contributed by atoms with Gasteiger partial charge in [0, 0.05) is 50.9 Å². The first-order valence-corrected chi connectivity index (χ1v) is 6.60. The van der Waals surface area contributed by atoms with Gasteiger partial charge in [-0.3, -0.25) is 0 Å². The van der Waals surface area contributed by atoms with E-state index < -0.39 is 0 Å². The minimum atomic E-state index is 0.692. The third kappa shape index (κ3) is 4.01. The Morgan fingerprint density at radius 1 is 1.15 bits per heavy atom. The molecule has 0 saturated heterocycles. The van der Waals surface area contributed by atoms with Crippen LogP contribution >= 0.6 is 0 Å². The van der Waals surface area contributed by atoms with E-state index in [-0.39, 0.29) is 0 Å². The second-order valence-electron chi connectivity index (χ2n) is 4.46. The molecule has 0 aliphatic rings. The molecule has 0 aliphatic heterocycles. The van der Waals surface area contributed by atoms with Crippen LogP contribution in [0.2, 0.25) is 0 Å². The van der Waals surface area contributed by atoms with Crippen LogP contribution in [-0.4, -0.2) is 37.3 Å². The van der Waals surface area contributed by atoms with E-state index in [0.29, 0.717) is 12.6 Å². The summed E-state index contributed by atoms with van der Waals surface area (Å²) in [4.78, 5) is 10.8. The van der Waals surface area contributed by atoms with Gasteiger partial charge in [0.2, 0.25) is 5.95 Å². The van der Waals surface area contributed by atoms with Crippen molar-refractivity contribution in [1.29, 1.82) is 0 Å². The summed E-state index contributed by atoms with van der Waals surface area (Å²) in [6.45, 7) is 2.27. The van der Waals surface area contributed by atoms with Crippen molar-refractivity contribution in [3.05, 3.63) is 48.3 Å². The number of ether oxygens (including phenoxy) is 1. The van der Waals surface area contributed by atoms with Crippen molar-refractivity contribution in [2.75, 3.05) is 32.2 Å². The van der Waals surface area contributed by atoms with Gasteiger partial charge in [-0.05, 0) is 12.1 Å². The molecule has 106 valence electrons. The van der Waals surface area contributed by atoms with Crippen molar-refractivity contribution in [3.63, 3.8) is 0 Å². The van der Waals surface area contributed by atoms with Crippen LogP contribution < -0.4 is 10.2 Å². The van der Waals surface area contributed by atoms with E-state index in [1.54, 1.807) is 7.11 Å². The SMILES string of the molecule is COCCNCc1cnc(N(C)c2ccccc2)nc1. The van der Waals surface area contributed by atoms with E-state index in [1.165, 1.54) is 0 Å². The molecule has 0 spiro atoms. The highest BCUT2D eigenvalue weighted by molar-refractivity contribution is 5.55. The predicted octanol–water partition coefficient (Wildman–Crippen LogP) is 1.98. The van der Waals surface area contributed by atoms with Crippen LogP contribution in [0.1, 0.15) is 5.56 Å². The zero-order chi connectivity index (χ0) is 14.2. The number of hydrogen-bond acceptors (Lipinski definition) is 5. The zero-order valence-electron chi connectivity index (χ0n) is 11.9. The largest absolute Gasteiger partial charge is 0.383 e. The van der Waals surface area contributed by atoms with Crippen LogP contribution in [0.4, 0.5) is 11.6 Å². The number of nitrogens with one attached hydrogen (secondary N) is 1. The van der Waals surface area contributed by atoms with Crippen molar-refractivity contribution in [2.24, 2.45) is 0 Å². The Bertz CT molecular complexity index is 501. The molecule has 0 bridgehead atoms. The summed E-state index contributed by atoms with van der Waals surface area (Å²) in [6.07, 6.45) is 3.70. The minimum Gasteiger partial charge on any atom is -0.383 e. The number of benzene rings is 1. The lowest BCUT2D eigenvalue weighted by Crippen LogP contribution is -2.19. The van der Waals surface area contributed by atoms with Crippen molar-refractivity contribution in [1.82, 2.24) is 15.3 Å². The Labute approximate surface area is 119 Å². The summed E-state index contributed by atoms with van der Waals surface area (Å²) in [7, 11) is 3.65. The van der Waals surface area contributed by atoms with Crippen molar-refractivity contribution in [2.45, 2.75) is 6.54 Å². The first-order valence-electron chi connectivity index (χ1n) is 6.60. The van der Waals surface area contributed by atoms with Gasteiger partial charge in [0.15, 0.2) is 0 Å². The first-order chi connectivity index (χ1) is 9.81. The minimum absolute atomic E-state index is 0.692. The van der Waals surface area contributed by atoms with Gasteiger partial charge in [-0.15, -0.1) is 0 Å². The number of rotatable bonds is 7. The van der Waals surface area contributed by atoms with Gasteiger partial charge < -0.3 is 15.0 Å². The fourth-order valence-electron chi connectivity index (χ4n) is 1.79. The van der Waals surface area contributed by atoms with Gasteiger partial charge >= 0.3 is 0 Å². The summed E-state index contributed by atoms with van der Waals surface area (Å²) in [5.74, 6) is 0.692. The molecule has 5 nitrogen and oxygen atoms in total. The molecule has 1 aromatic carbocycles. The van der Waals surface area contributed by atoms with Crippen molar-refractivity contribution in [3.8, 4) is 0 Å². The average Bonchev–Trinajstić information content (AvgIpc) is 2.52. The smallest absolute Gasteiger partial charge is 0.229 e. The Kier molecular flexibility index (Phi) is 5.46. The highest BCUT2D eigenvalue weighted by atomic mass is 16.5. The molecule has 2 rings (SSSR count). The summed E-state index contributed by atoms with van der Waals surface area (Å²) < 4.78 is 4.98. The molecule has 0 aliphatic carbocycles. The van der Waals surface area contributed by atoms with Gasteiger partial charge in [0.05, 0.1) is 6.61 Å². The number of para-hydroxylation sites is 1. The lowest BCUT2D eigenvalue weighted by Gasteiger charge is -2.16. The molecule has 20 heavy (non-hydrogen) atoms. The predicted molar refractivity (Wildman–Crippen MR) is 80.1 cm³/mol. The monoisotopic (exact) mass is 272 g/mol. The molecule has 0 fully saturated rings. The molecule has 0 atom stereocenters. The lowest BCUT2D eigenvalue weighted by molar-refractivity contribution is 0.199. The van der Waals surface area contributed by atoms with E-state index in [9.17, 15) is 0 Å². The highest BCUT2D eigenvalue weighted by Crippen LogP contribution is 2.18. The molecule has 5 heteroatoms. The summed E-state index contributed by atoms with van der Waals surface area (Å²) in [6, 6.07) is 10.1. The Morgan fingerprint density at radius 2 is 1.85 bits per heavy atom. The fourth-order valence-corrected chi connectivity index (χ4v) is 1.79.